The van der Waals surface area contributed by atoms with Crippen molar-refractivity contribution in [3.63, 3.8) is 0 Å². The molecule has 2 rings (SSSR count). The molecule has 0 aromatic heterocycles. The fourth-order valence-electron chi connectivity index (χ4n) is 2.87. The predicted octanol–water partition coefficient (Wildman–Crippen LogP) is 2.20. The Hall–Kier alpha value is -2.37. The van der Waals surface area contributed by atoms with Crippen LogP contribution in [0.2, 0.25) is 0 Å². The molecule has 0 heterocycles. The van der Waals surface area contributed by atoms with Crippen LogP contribution in [-0.4, -0.2) is 35.0 Å². The van der Waals surface area contributed by atoms with Crippen LogP contribution in [-0.2, 0) is 4.79 Å². The van der Waals surface area contributed by atoms with Gasteiger partial charge in [-0.2, -0.15) is 0 Å². The lowest BCUT2D eigenvalue weighted by atomic mass is 9.86. The van der Waals surface area contributed by atoms with E-state index in [9.17, 15) is 14.4 Å². The van der Waals surface area contributed by atoms with E-state index in [0.717, 1.165) is 0 Å². The molecule has 1 aliphatic carbocycles. The maximum absolute atomic E-state index is 12.3. The number of carboxylic acid groups (broad SMARTS) is 1. The number of hydrogen-bond acceptors (Lipinski definition) is 3. The summed E-state index contributed by atoms with van der Waals surface area (Å²) >= 11 is 0. The summed E-state index contributed by atoms with van der Waals surface area (Å²) in [6, 6.07) is 6.60. The molecule has 2 amide bonds. The molecule has 0 saturated heterocycles. The minimum Gasteiger partial charge on any atom is -0.481 e. The Bertz CT molecular complexity index is 602. The maximum atomic E-state index is 12.3. The quantitative estimate of drug-likeness (QED) is 0.770. The summed E-state index contributed by atoms with van der Waals surface area (Å²) < 4.78 is 0. The third-order valence-corrected chi connectivity index (χ3v) is 4.24. The summed E-state index contributed by atoms with van der Waals surface area (Å²) in [5, 5.41) is 14.7. The number of hydrogen-bond donors (Lipinski definition) is 3. The van der Waals surface area contributed by atoms with Crippen LogP contribution in [0, 0.1) is 5.92 Å². The molecule has 1 aromatic carbocycles. The number of aliphatic carboxylic acids is 1. The van der Waals surface area contributed by atoms with Gasteiger partial charge in [0.05, 0.1) is 5.92 Å². The highest BCUT2D eigenvalue weighted by atomic mass is 16.4. The first-order valence-corrected chi connectivity index (χ1v) is 8.31. The third-order valence-electron chi connectivity index (χ3n) is 4.24. The molecule has 24 heavy (non-hydrogen) atoms. The molecule has 1 aliphatic rings. The van der Waals surface area contributed by atoms with Crippen LogP contribution in [0.15, 0.2) is 24.3 Å². The normalized spacial score (nSPS) is 20.5. The largest absolute Gasteiger partial charge is 0.481 e. The SMILES string of the molecule is CC(C)NC(=O)c1ccc(C(=O)NC2CCC(C(=O)O)CC2)cc1. The van der Waals surface area contributed by atoms with Gasteiger partial charge in [-0.3, -0.25) is 14.4 Å². The van der Waals surface area contributed by atoms with Gasteiger partial charge in [0.25, 0.3) is 11.8 Å². The molecule has 0 unspecified atom stereocenters. The average molecular weight is 332 g/mol. The molecule has 3 N–H and O–H groups in total. The molecular weight excluding hydrogens is 308 g/mol. The van der Waals surface area contributed by atoms with Crippen molar-refractivity contribution >= 4 is 17.8 Å². The maximum Gasteiger partial charge on any atom is 0.306 e. The minimum atomic E-state index is -0.755. The van der Waals surface area contributed by atoms with Crippen molar-refractivity contribution in [1.29, 1.82) is 0 Å². The molecule has 0 aliphatic heterocycles. The zero-order valence-corrected chi connectivity index (χ0v) is 14.0. The van der Waals surface area contributed by atoms with Crippen LogP contribution < -0.4 is 10.6 Å². The Kier molecular flexibility index (Phi) is 5.95. The Balaban J connectivity index is 1.89. The Morgan fingerprint density at radius 2 is 1.46 bits per heavy atom. The van der Waals surface area contributed by atoms with Gasteiger partial charge in [-0.15, -0.1) is 0 Å². The van der Waals surface area contributed by atoms with Gasteiger partial charge in [0.2, 0.25) is 0 Å². The minimum absolute atomic E-state index is 0.0111. The van der Waals surface area contributed by atoms with Crippen molar-refractivity contribution in [3.8, 4) is 0 Å². The van der Waals surface area contributed by atoms with E-state index in [1.165, 1.54) is 0 Å². The molecule has 130 valence electrons. The van der Waals surface area contributed by atoms with Gasteiger partial charge in [-0.25, -0.2) is 0 Å². The molecule has 6 heteroatoms. The summed E-state index contributed by atoms with van der Waals surface area (Å²) in [5.74, 6) is -1.40. The highest BCUT2D eigenvalue weighted by molar-refractivity contribution is 5.98. The van der Waals surface area contributed by atoms with Gasteiger partial charge < -0.3 is 15.7 Å². The summed E-state index contributed by atoms with van der Waals surface area (Å²) in [6.07, 6.45) is 2.54. The predicted molar refractivity (Wildman–Crippen MR) is 89.9 cm³/mol. The van der Waals surface area contributed by atoms with E-state index in [1.54, 1.807) is 24.3 Å². The van der Waals surface area contributed by atoms with E-state index in [2.05, 4.69) is 10.6 Å². The summed E-state index contributed by atoms with van der Waals surface area (Å²) in [5.41, 5.74) is 1.01. The lowest BCUT2D eigenvalue weighted by molar-refractivity contribution is -0.142. The van der Waals surface area contributed by atoms with Gasteiger partial charge >= 0.3 is 5.97 Å². The van der Waals surface area contributed by atoms with E-state index in [4.69, 9.17) is 5.11 Å². The van der Waals surface area contributed by atoms with Gasteiger partial charge in [0.1, 0.15) is 0 Å². The number of amides is 2. The van der Waals surface area contributed by atoms with Crippen molar-refractivity contribution in [2.75, 3.05) is 0 Å². The fraction of sp³-hybridized carbons (Fsp3) is 0.500. The zero-order valence-electron chi connectivity index (χ0n) is 14.0. The van der Waals surface area contributed by atoms with E-state index >= 15 is 0 Å². The molecule has 0 spiro atoms. The molecule has 1 saturated carbocycles. The van der Waals surface area contributed by atoms with E-state index < -0.39 is 5.97 Å². The van der Waals surface area contributed by atoms with Crippen molar-refractivity contribution in [3.05, 3.63) is 35.4 Å². The first-order chi connectivity index (χ1) is 11.4. The number of carboxylic acids is 1. The summed E-state index contributed by atoms with van der Waals surface area (Å²) in [7, 11) is 0. The van der Waals surface area contributed by atoms with Crippen LogP contribution in [0.1, 0.15) is 60.2 Å². The van der Waals surface area contributed by atoms with Crippen molar-refractivity contribution in [2.45, 2.75) is 51.6 Å². The molecule has 0 bridgehead atoms. The second-order valence-corrected chi connectivity index (χ2v) is 6.57. The topological polar surface area (TPSA) is 95.5 Å². The Morgan fingerprint density at radius 3 is 1.92 bits per heavy atom. The molecule has 1 fully saturated rings. The molecule has 0 atom stereocenters. The van der Waals surface area contributed by atoms with E-state index in [0.29, 0.717) is 36.8 Å². The van der Waals surface area contributed by atoms with Gasteiger partial charge in [0, 0.05) is 23.2 Å². The Morgan fingerprint density at radius 1 is 0.958 bits per heavy atom. The van der Waals surface area contributed by atoms with E-state index in [1.807, 2.05) is 13.8 Å². The standard InChI is InChI=1S/C18H24N2O4/c1-11(2)19-16(21)12-3-5-13(6-4-12)17(22)20-15-9-7-14(8-10-15)18(23)24/h3-6,11,14-15H,7-10H2,1-2H3,(H,19,21)(H,20,22)(H,23,24). The number of rotatable bonds is 5. The first kappa shape index (κ1) is 18.0. The van der Waals surface area contributed by atoms with Crippen LogP contribution in [0.5, 0.6) is 0 Å². The molecule has 1 aromatic rings. The van der Waals surface area contributed by atoms with Crippen molar-refractivity contribution in [1.82, 2.24) is 10.6 Å². The lowest BCUT2D eigenvalue weighted by Gasteiger charge is -2.26. The number of carbonyl (C=O) groups is 3. The number of carbonyl (C=O) groups excluding carboxylic acids is 2. The smallest absolute Gasteiger partial charge is 0.306 e. The highest BCUT2D eigenvalue weighted by Gasteiger charge is 2.26. The summed E-state index contributed by atoms with van der Waals surface area (Å²) in [6.45, 7) is 3.78. The number of nitrogens with one attached hydrogen (secondary N) is 2. The van der Waals surface area contributed by atoms with E-state index in [-0.39, 0.29) is 29.8 Å². The highest BCUT2D eigenvalue weighted by Crippen LogP contribution is 2.24. The van der Waals surface area contributed by atoms with Gasteiger partial charge in [0.15, 0.2) is 0 Å². The second-order valence-electron chi connectivity index (χ2n) is 6.57. The first-order valence-electron chi connectivity index (χ1n) is 8.31. The van der Waals surface area contributed by atoms with Crippen LogP contribution >= 0.6 is 0 Å². The molecule has 0 radical (unpaired) electrons. The third kappa shape index (κ3) is 4.81. The Labute approximate surface area is 141 Å². The van der Waals surface area contributed by atoms with Gasteiger partial charge in [-0.1, -0.05) is 0 Å². The molecular formula is C18H24N2O4. The number of benzene rings is 1. The zero-order chi connectivity index (χ0) is 17.7. The summed E-state index contributed by atoms with van der Waals surface area (Å²) in [4.78, 5) is 35.1. The lowest BCUT2D eigenvalue weighted by Crippen LogP contribution is -2.38. The fourth-order valence-corrected chi connectivity index (χ4v) is 2.87. The molecule has 6 nitrogen and oxygen atoms in total. The monoisotopic (exact) mass is 332 g/mol. The second kappa shape index (κ2) is 7.95. The van der Waals surface area contributed by atoms with Crippen molar-refractivity contribution in [2.24, 2.45) is 5.92 Å². The van der Waals surface area contributed by atoms with Crippen LogP contribution in [0.25, 0.3) is 0 Å². The van der Waals surface area contributed by atoms with Crippen LogP contribution in [0.4, 0.5) is 0 Å². The van der Waals surface area contributed by atoms with Gasteiger partial charge in [-0.05, 0) is 63.8 Å². The van der Waals surface area contributed by atoms with Crippen LogP contribution in [0.3, 0.4) is 0 Å². The average Bonchev–Trinajstić information content (AvgIpc) is 2.54. The van der Waals surface area contributed by atoms with Crippen molar-refractivity contribution < 1.29 is 19.5 Å².